The van der Waals surface area contributed by atoms with Crippen LogP contribution < -0.4 is 5.46 Å². The summed E-state index contributed by atoms with van der Waals surface area (Å²) < 4.78 is 13.9. The van der Waals surface area contributed by atoms with Gasteiger partial charge in [0.25, 0.3) is 0 Å². The standard InChI is InChI=1S/C18H30BN3O2/c1-5-18(3,4)24-19(23-6-2)16-13-21-22(14-16)17(11-12-20)15-9-7-8-10-15/h13-15,17H,5-11H2,1-4H3/t17-/m0/s1. The second kappa shape index (κ2) is 8.69. The van der Waals surface area contributed by atoms with E-state index < -0.39 is 7.12 Å². The van der Waals surface area contributed by atoms with Gasteiger partial charge in [-0.3, -0.25) is 4.68 Å². The van der Waals surface area contributed by atoms with Crippen molar-refractivity contribution in [3.05, 3.63) is 12.4 Å². The summed E-state index contributed by atoms with van der Waals surface area (Å²) in [5, 5.41) is 13.7. The fraction of sp³-hybridized carbons (Fsp3) is 0.778. The normalized spacial score (nSPS) is 17.0. The van der Waals surface area contributed by atoms with Crippen LogP contribution in [0.5, 0.6) is 0 Å². The van der Waals surface area contributed by atoms with Crippen LogP contribution in [0.2, 0.25) is 0 Å². The highest BCUT2D eigenvalue weighted by atomic mass is 16.6. The smallest absolute Gasteiger partial charge is 0.407 e. The Labute approximate surface area is 146 Å². The van der Waals surface area contributed by atoms with Crippen molar-refractivity contribution < 1.29 is 9.31 Å². The molecular weight excluding hydrogens is 301 g/mol. The lowest BCUT2D eigenvalue weighted by Gasteiger charge is -2.27. The summed E-state index contributed by atoms with van der Waals surface area (Å²) in [5.41, 5.74) is 0.679. The van der Waals surface area contributed by atoms with Gasteiger partial charge in [-0.25, -0.2) is 0 Å². The summed E-state index contributed by atoms with van der Waals surface area (Å²) >= 11 is 0. The summed E-state index contributed by atoms with van der Waals surface area (Å²) in [7, 11) is -0.412. The average Bonchev–Trinajstić information content (AvgIpc) is 3.24. The molecule has 0 saturated heterocycles. The van der Waals surface area contributed by atoms with Crippen LogP contribution in [-0.4, -0.2) is 29.1 Å². The SMILES string of the molecule is CCOB(OC(C)(C)CC)c1cnn([C@@H](CC#N)C2CCCC2)c1. The molecule has 0 aromatic carbocycles. The van der Waals surface area contributed by atoms with E-state index in [1.807, 2.05) is 24.0 Å². The number of nitrogens with zero attached hydrogens (tertiary/aromatic N) is 3. The van der Waals surface area contributed by atoms with E-state index in [1.54, 1.807) is 0 Å². The maximum Gasteiger partial charge on any atom is 0.497 e. The molecule has 1 fully saturated rings. The van der Waals surface area contributed by atoms with E-state index >= 15 is 0 Å². The van der Waals surface area contributed by atoms with E-state index in [0.717, 1.165) is 11.9 Å². The highest BCUT2D eigenvalue weighted by Gasteiger charge is 2.32. The van der Waals surface area contributed by atoms with Crippen LogP contribution in [-0.2, 0) is 9.31 Å². The summed E-state index contributed by atoms with van der Waals surface area (Å²) in [6, 6.07) is 2.49. The number of hydrogen-bond donors (Lipinski definition) is 0. The minimum atomic E-state index is -0.412. The summed E-state index contributed by atoms with van der Waals surface area (Å²) in [4.78, 5) is 0. The summed E-state index contributed by atoms with van der Waals surface area (Å²) in [6.45, 7) is 8.80. The second-order valence-corrected chi connectivity index (χ2v) is 7.25. The Balaban J connectivity index is 2.17. The van der Waals surface area contributed by atoms with Crippen LogP contribution in [0.15, 0.2) is 12.4 Å². The predicted octanol–water partition coefficient (Wildman–Crippen LogP) is 3.46. The van der Waals surface area contributed by atoms with Crippen molar-refractivity contribution in [2.75, 3.05) is 6.61 Å². The highest BCUT2D eigenvalue weighted by Crippen LogP contribution is 2.35. The van der Waals surface area contributed by atoms with E-state index in [1.165, 1.54) is 25.7 Å². The van der Waals surface area contributed by atoms with Crippen molar-refractivity contribution in [3.8, 4) is 6.07 Å². The van der Waals surface area contributed by atoms with E-state index in [0.29, 0.717) is 18.9 Å². The zero-order valence-electron chi connectivity index (χ0n) is 15.5. The lowest BCUT2D eigenvalue weighted by molar-refractivity contribution is 0.0706. The lowest BCUT2D eigenvalue weighted by Crippen LogP contribution is -2.43. The van der Waals surface area contributed by atoms with Gasteiger partial charge in [0.05, 0.1) is 18.5 Å². The fourth-order valence-electron chi connectivity index (χ4n) is 3.29. The molecule has 1 aromatic heterocycles. The Bertz CT molecular complexity index is 547. The third kappa shape index (κ3) is 4.84. The van der Waals surface area contributed by atoms with Gasteiger partial charge in [-0.1, -0.05) is 19.8 Å². The molecule has 1 aromatic rings. The number of aromatic nitrogens is 2. The topological polar surface area (TPSA) is 60.1 Å². The summed E-state index contributed by atoms with van der Waals surface area (Å²) in [6.07, 6.45) is 10.1. The average molecular weight is 331 g/mol. The first-order chi connectivity index (χ1) is 11.5. The molecule has 1 atom stereocenters. The van der Waals surface area contributed by atoms with Crippen LogP contribution in [0.1, 0.15) is 72.3 Å². The van der Waals surface area contributed by atoms with E-state index in [2.05, 4.69) is 31.9 Å². The monoisotopic (exact) mass is 331 g/mol. The molecule has 1 heterocycles. The third-order valence-corrected chi connectivity index (χ3v) is 5.07. The molecule has 1 aliphatic rings. The first kappa shape index (κ1) is 19.0. The Morgan fingerprint density at radius 1 is 1.42 bits per heavy atom. The Morgan fingerprint density at radius 3 is 2.71 bits per heavy atom. The molecule has 0 N–H and O–H groups in total. The van der Waals surface area contributed by atoms with Gasteiger partial charge >= 0.3 is 7.12 Å². The second-order valence-electron chi connectivity index (χ2n) is 7.25. The van der Waals surface area contributed by atoms with Crippen LogP contribution in [0.4, 0.5) is 0 Å². The van der Waals surface area contributed by atoms with Gasteiger partial charge in [-0.05, 0) is 46.0 Å². The maximum atomic E-state index is 9.20. The van der Waals surface area contributed by atoms with Crippen molar-refractivity contribution in [1.29, 1.82) is 5.26 Å². The minimum absolute atomic E-state index is 0.160. The van der Waals surface area contributed by atoms with Gasteiger partial charge < -0.3 is 9.31 Å². The maximum absolute atomic E-state index is 9.20. The Kier molecular flexibility index (Phi) is 6.88. The minimum Gasteiger partial charge on any atom is -0.407 e. The van der Waals surface area contributed by atoms with Crippen molar-refractivity contribution in [1.82, 2.24) is 9.78 Å². The van der Waals surface area contributed by atoms with E-state index in [9.17, 15) is 5.26 Å². The van der Waals surface area contributed by atoms with Crippen molar-refractivity contribution >= 4 is 12.6 Å². The molecule has 0 unspecified atom stereocenters. The van der Waals surface area contributed by atoms with Gasteiger partial charge in [-0.2, -0.15) is 10.4 Å². The molecule has 0 bridgehead atoms. The predicted molar refractivity (Wildman–Crippen MR) is 95.9 cm³/mol. The highest BCUT2D eigenvalue weighted by molar-refractivity contribution is 6.61. The molecule has 0 spiro atoms. The zero-order valence-corrected chi connectivity index (χ0v) is 15.5. The van der Waals surface area contributed by atoms with Gasteiger partial charge in [0, 0.05) is 30.1 Å². The van der Waals surface area contributed by atoms with Gasteiger partial charge in [0.1, 0.15) is 0 Å². The third-order valence-electron chi connectivity index (χ3n) is 5.07. The molecule has 5 nitrogen and oxygen atoms in total. The fourth-order valence-corrected chi connectivity index (χ4v) is 3.29. The zero-order chi connectivity index (χ0) is 17.6. The molecule has 24 heavy (non-hydrogen) atoms. The number of hydrogen-bond acceptors (Lipinski definition) is 4. The van der Waals surface area contributed by atoms with Crippen LogP contribution >= 0.6 is 0 Å². The van der Waals surface area contributed by atoms with Crippen LogP contribution in [0, 0.1) is 17.2 Å². The lowest BCUT2D eigenvalue weighted by atomic mass is 9.79. The molecule has 6 heteroatoms. The first-order valence-electron chi connectivity index (χ1n) is 9.21. The molecule has 1 saturated carbocycles. The molecule has 0 amide bonds. The largest absolute Gasteiger partial charge is 0.497 e. The van der Waals surface area contributed by atoms with Crippen molar-refractivity contribution in [2.45, 2.75) is 77.9 Å². The van der Waals surface area contributed by atoms with Crippen LogP contribution in [0.25, 0.3) is 0 Å². The summed E-state index contributed by atoms with van der Waals surface area (Å²) in [5.74, 6) is 0.552. The Morgan fingerprint density at radius 2 is 2.12 bits per heavy atom. The van der Waals surface area contributed by atoms with Crippen LogP contribution in [0.3, 0.4) is 0 Å². The molecule has 1 aliphatic carbocycles. The molecule has 0 radical (unpaired) electrons. The van der Waals surface area contributed by atoms with E-state index in [4.69, 9.17) is 9.31 Å². The number of nitriles is 1. The van der Waals surface area contributed by atoms with E-state index in [-0.39, 0.29) is 11.6 Å². The van der Waals surface area contributed by atoms with Crippen molar-refractivity contribution in [3.63, 3.8) is 0 Å². The number of rotatable bonds is 9. The van der Waals surface area contributed by atoms with Gasteiger partial charge in [0.15, 0.2) is 0 Å². The quantitative estimate of drug-likeness (QED) is 0.650. The molecular formula is C18H30BN3O2. The van der Waals surface area contributed by atoms with Crippen molar-refractivity contribution in [2.24, 2.45) is 5.92 Å². The Hall–Kier alpha value is -1.32. The molecule has 2 rings (SSSR count). The molecule has 0 aliphatic heterocycles. The molecule has 132 valence electrons. The van der Waals surface area contributed by atoms with Gasteiger partial charge in [0.2, 0.25) is 0 Å². The van der Waals surface area contributed by atoms with Gasteiger partial charge in [-0.15, -0.1) is 0 Å². The first-order valence-corrected chi connectivity index (χ1v) is 9.21.